The van der Waals surface area contributed by atoms with Crippen LogP contribution in [0.1, 0.15) is 76.7 Å². The molecule has 0 aliphatic rings. The van der Waals surface area contributed by atoms with Crippen LogP contribution in [0.15, 0.2) is 10.3 Å². The maximum absolute atomic E-state index is 12.2. The summed E-state index contributed by atoms with van der Waals surface area (Å²) < 4.78 is 19.2. The number of aliphatic carboxylic acids is 1. The van der Waals surface area contributed by atoms with E-state index < -0.39 is 22.3 Å². The number of carboxylic acids is 1. The molecule has 0 saturated carbocycles. The zero-order valence-electron chi connectivity index (χ0n) is 17.3. The first-order chi connectivity index (χ1) is 13.8. The molecule has 166 valence electrons. The fraction of sp³-hybridized carbons (Fsp3) is 0.700. The summed E-state index contributed by atoms with van der Waals surface area (Å²) in [5.74, 6) is -0.480. The van der Waals surface area contributed by atoms with E-state index in [2.05, 4.69) is 5.32 Å². The second-order valence-corrected chi connectivity index (χ2v) is 10.2. The average molecular weight is 464 g/mol. The van der Waals surface area contributed by atoms with Gasteiger partial charge in [0, 0.05) is 17.1 Å². The van der Waals surface area contributed by atoms with Gasteiger partial charge in [0.15, 0.2) is 11.1 Å². The number of carbonyl (C=O) groups excluding carboxylic acids is 1. The van der Waals surface area contributed by atoms with Gasteiger partial charge in [0.2, 0.25) is 5.91 Å². The van der Waals surface area contributed by atoms with Crippen LogP contribution in [0.3, 0.4) is 0 Å². The summed E-state index contributed by atoms with van der Waals surface area (Å²) in [6, 6.07) is 0. The van der Waals surface area contributed by atoms with Gasteiger partial charge in [-0.25, -0.2) is 4.21 Å². The van der Waals surface area contributed by atoms with Crippen molar-refractivity contribution in [1.29, 1.82) is 0 Å². The molecule has 1 heterocycles. The van der Waals surface area contributed by atoms with E-state index in [4.69, 9.17) is 4.55 Å². The molecular formula is C20H33NO5S3. The van der Waals surface area contributed by atoms with Crippen molar-refractivity contribution in [1.82, 2.24) is 0 Å². The highest BCUT2D eigenvalue weighted by atomic mass is 32.2. The summed E-state index contributed by atoms with van der Waals surface area (Å²) >= 11 is 1.09. The Balaban J connectivity index is 2.24. The summed E-state index contributed by atoms with van der Waals surface area (Å²) in [6.07, 6.45) is 9.09. The van der Waals surface area contributed by atoms with Crippen LogP contribution in [0.4, 0.5) is 5.00 Å². The lowest BCUT2D eigenvalue weighted by Gasteiger charge is -2.12. The molecule has 2 atom stereocenters. The number of anilines is 1. The van der Waals surface area contributed by atoms with E-state index in [0.717, 1.165) is 66.8 Å². The molecule has 0 bridgehead atoms. The number of amides is 1. The third-order valence-corrected chi connectivity index (χ3v) is 7.91. The van der Waals surface area contributed by atoms with Crippen molar-refractivity contribution in [3.05, 3.63) is 10.9 Å². The van der Waals surface area contributed by atoms with Gasteiger partial charge in [-0.15, -0.1) is 23.1 Å². The fourth-order valence-electron chi connectivity index (χ4n) is 2.88. The highest BCUT2D eigenvalue weighted by molar-refractivity contribution is 8.01. The summed E-state index contributed by atoms with van der Waals surface area (Å²) in [5, 5.41) is 14.4. The SMILES string of the molecule is CCC(Sc1c(C)csc1NC(=O)CCCCCCCCCCS(=O)O)C(=O)O. The molecule has 0 radical (unpaired) electrons. The highest BCUT2D eigenvalue weighted by Crippen LogP contribution is 2.39. The maximum atomic E-state index is 12.2. The number of aryl methyl sites for hydroxylation is 1. The van der Waals surface area contributed by atoms with Crippen molar-refractivity contribution >= 4 is 51.1 Å². The van der Waals surface area contributed by atoms with Gasteiger partial charge in [-0.3, -0.25) is 9.59 Å². The summed E-state index contributed by atoms with van der Waals surface area (Å²) in [7, 11) is 0. The van der Waals surface area contributed by atoms with Crippen LogP contribution < -0.4 is 5.32 Å². The number of thiophene rings is 1. The number of hydrogen-bond donors (Lipinski definition) is 3. The lowest BCUT2D eigenvalue weighted by molar-refractivity contribution is -0.136. The number of unbranched alkanes of at least 4 members (excludes halogenated alkanes) is 7. The quantitative estimate of drug-likeness (QED) is 0.165. The molecule has 9 heteroatoms. The molecule has 6 nitrogen and oxygen atoms in total. The van der Waals surface area contributed by atoms with Crippen molar-refractivity contribution in [2.24, 2.45) is 0 Å². The van der Waals surface area contributed by atoms with E-state index in [9.17, 15) is 18.9 Å². The number of hydrogen-bond acceptors (Lipinski definition) is 5. The molecule has 1 amide bonds. The summed E-state index contributed by atoms with van der Waals surface area (Å²) in [5.41, 5.74) is 1.00. The number of carbonyl (C=O) groups is 2. The van der Waals surface area contributed by atoms with Crippen LogP contribution in [0.5, 0.6) is 0 Å². The predicted octanol–water partition coefficient (Wildman–Crippen LogP) is 5.68. The number of thioether (sulfide) groups is 1. The van der Waals surface area contributed by atoms with Crippen LogP contribution in [-0.4, -0.2) is 36.7 Å². The van der Waals surface area contributed by atoms with Gasteiger partial charge >= 0.3 is 5.97 Å². The number of rotatable bonds is 16. The van der Waals surface area contributed by atoms with Crippen LogP contribution in [-0.2, 0) is 20.7 Å². The van der Waals surface area contributed by atoms with Crippen LogP contribution in [0.25, 0.3) is 0 Å². The van der Waals surface area contributed by atoms with Crippen LogP contribution in [0, 0.1) is 6.92 Å². The van der Waals surface area contributed by atoms with E-state index in [1.165, 1.54) is 23.1 Å². The molecule has 0 aliphatic carbocycles. The minimum absolute atomic E-state index is 0.0194. The van der Waals surface area contributed by atoms with E-state index >= 15 is 0 Å². The third-order valence-electron chi connectivity index (χ3n) is 4.55. The molecule has 2 unspecified atom stereocenters. The van der Waals surface area contributed by atoms with Gasteiger partial charge in [-0.05, 0) is 37.1 Å². The molecule has 0 aliphatic heterocycles. The van der Waals surface area contributed by atoms with E-state index in [-0.39, 0.29) is 5.91 Å². The first-order valence-electron chi connectivity index (χ1n) is 10.2. The van der Waals surface area contributed by atoms with Crippen LogP contribution >= 0.6 is 23.1 Å². The second-order valence-electron chi connectivity index (χ2n) is 7.08. The Bertz CT molecular complexity index is 663. The molecule has 0 spiro atoms. The van der Waals surface area contributed by atoms with E-state index in [1.54, 1.807) is 0 Å². The van der Waals surface area contributed by atoms with Gasteiger partial charge in [0.25, 0.3) is 0 Å². The molecule has 1 aromatic heterocycles. The predicted molar refractivity (Wildman–Crippen MR) is 122 cm³/mol. The van der Waals surface area contributed by atoms with Crippen LogP contribution in [0.2, 0.25) is 0 Å². The Morgan fingerprint density at radius 2 is 1.72 bits per heavy atom. The Labute approximate surface area is 184 Å². The lowest BCUT2D eigenvalue weighted by atomic mass is 10.1. The van der Waals surface area contributed by atoms with Gasteiger partial charge in [-0.1, -0.05) is 45.4 Å². The van der Waals surface area contributed by atoms with E-state index in [0.29, 0.717) is 18.6 Å². The molecule has 0 aromatic carbocycles. The highest BCUT2D eigenvalue weighted by Gasteiger charge is 2.21. The van der Waals surface area contributed by atoms with Gasteiger partial charge in [-0.2, -0.15) is 0 Å². The number of carboxylic acid groups (broad SMARTS) is 1. The zero-order valence-corrected chi connectivity index (χ0v) is 19.7. The summed E-state index contributed by atoms with van der Waals surface area (Å²) in [6.45, 7) is 3.79. The Morgan fingerprint density at radius 3 is 2.28 bits per heavy atom. The Morgan fingerprint density at radius 1 is 1.14 bits per heavy atom. The third kappa shape index (κ3) is 11.2. The minimum Gasteiger partial charge on any atom is -0.480 e. The molecule has 0 saturated heterocycles. The van der Waals surface area contributed by atoms with Crippen molar-refractivity contribution in [2.75, 3.05) is 11.1 Å². The van der Waals surface area contributed by atoms with Crippen molar-refractivity contribution < 1.29 is 23.5 Å². The van der Waals surface area contributed by atoms with Gasteiger partial charge in [0.1, 0.15) is 10.3 Å². The average Bonchev–Trinajstić information content (AvgIpc) is 2.99. The molecule has 1 rings (SSSR count). The smallest absolute Gasteiger partial charge is 0.316 e. The molecule has 0 fully saturated rings. The molecule has 3 N–H and O–H groups in total. The largest absolute Gasteiger partial charge is 0.480 e. The molecular weight excluding hydrogens is 430 g/mol. The topological polar surface area (TPSA) is 104 Å². The maximum Gasteiger partial charge on any atom is 0.316 e. The van der Waals surface area contributed by atoms with Crippen molar-refractivity contribution in [2.45, 2.75) is 88.2 Å². The second kappa shape index (κ2) is 15.0. The van der Waals surface area contributed by atoms with Gasteiger partial charge < -0.3 is 15.0 Å². The first-order valence-corrected chi connectivity index (χ1v) is 13.2. The van der Waals surface area contributed by atoms with Crippen molar-refractivity contribution in [3.8, 4) is 0 Å². The molecule has 1 aromatic rings. The standard InChI is InChI=1S/C20H33NO5S3/c1-3-16(20(23)24)28-18-15(2)14-27-19(18)21-17(22)12-10-8-6-4-5-7-9-11-13-29(25)26/h14,16H,3-13H2,1-2H3,(H,21,22)(H,23,24)(H,25,26). The van der Waals surface area contributed by atoms with Crippen molar-refractivity contribution in [3.63, 3.8) is 0 Å². The minimum atomic E-state index is -1.67. The van der Waals surface area contributed by atoms with E-state index in [1.807, 2.05) is 19.2 Å². The first kappa shape index (κ1) is 26.1. The number of nitrogens with one attached hydrogen (secondary N) is 1. The normalized spacial score (nSPS) is 13.2. The molecule has 29 heavy (non-hydrogen) atoms. The van der Waals surface area contributed by atoms with Gasteiger partial charge in [0.05, 0.1) is 0 Å². The summed E-state index contributed by atoms with van der Waals surface area (Å²) in [4.78, 5) is 24.4. The Kier molecular flexibility index (Phi) is 13.5. The monoisotopic (exact) mass is 463 g/mol. The Hall–Kier alpha value is -0.900. The fourth-order valence-corrected chi connectivity index (χ4v) is 5.50. The zero-order chi connectivity index (χ0) is 21.6. The lowest BCUT2D eigenvalue weighted by Crippen LogP contribution is -2.16.